The molecule has 1 unspecified atom stereocenters. The Bertz CT molecular complexity index is 684. The summed E-state index contributed by atoms with van der Waals surface area (Å²) < 4.78 is 5.16. The molecule has 2 heterocycles. The normalized spacial score (nSPS) is 17.2. The van der Waals surface area contributed by atoms with Crippen LogP contribution in [0, 0.1) is 0 Å². The SMILES string of the molecule is COc1ccc(-c2ncc(C(=O)N3CCCC3CCCO)s2)cc1. The predicted molar refractivity (Wildman–Crippen MR) is 94.5 cm³/mol. The molecular weight excluding hydrogens is 324 g/mol. The van der Waals surface area contributed by atoms with E-state index >= 15 is 0 Å². The quantitative estimate of drug-likeness (QED) is 0.872. The minimum absolute atomic E-state index is 0.0627. The number of carbonyl (C=O) groups is 1. The highest BCUT2D eigenvalue weighted by atomic mass is 32.1. The Morgan fingerprint density at radius 3 is 2.92 bits per heavy atom. The van der Waals surface area contributed by atoms with E-state index in [0.717, 1.165) is 48.5 Å². The summed E-state index contributed by atoms with van der Waals surface area (Å²) >= 11 is 1.43. The summed E-state index contributed by atoms with van der Waals surface area (Å²) in [6, 6.07) is 7.93. The van der Waals surface area contributed by atoms with Gasteiger partial charge in [-0.2, -0.15) is 0 Å². The number of hydrogen-bond acceptors (Lipinski definition) is 5. The minimum atomic E-state index is 0.0627. The number of hydrogen-bond donors (Lipinski definition) is 1. The van der Waals surface area contributed by atoms with E-state index in [1.54, 1.807) is 13.3 Å². The second-order valence-electron chi connectivity index (χ2n) is 5.92. The van der Waals surface area contributed by atoms with Gasteiger partial charge in [0.05, 0.1) is 13.3 Å². The van der Waals surface area contributed by atoms with Crippen molar-refractivity contribution in [3.8, 4) is 16.3 Å². The van der Waals surface area contributed by atoms with E-state index in [1.165, 1.54) is 11.3 Å². The van der Waals surface area contributed by atoms with Crippen molar-refractivity contribution in [2.45, 2.75) is 31.7 Å². The van der Waals surface area contributed by atoms with Crippen LogP contribution < -0.4 is 4.74 Å². The van der Waals surface area contributed by atoms with Gasteiger partial charge in [0.2, 0.25) is 0 Å². The van der Waals surface area contributed by atoms with Crippen LogP contribution in [-0.4, -0.2) is 47.2 Å². The Balaban J connectivity index is 1.73. The summed E-state index contributed by atoms with van der Waals surface area (Å²) in [5, 5.41) is 9.85. The number of aromatic nitrogens is 1. The summed E-state index contributed by atoms with van der Waals surface area (Å²) in [5.74, 6) is 0.864. The Morgan fingerprint density at radius 1 is 1.42 bits per heavy atom. The lowest BCUT2D eigenvalue weighted by Gasteiger charge is -2.23. The van der Waals surface area contributed by atoms with Gasteiger partial charge < -0.3 is 14.7 Å². The fourth-order valence-electron chi connectivity index (χ4n) is 3.11. The summed E-state index contributed by atoms with van der Waals surface area (Å²) in [6.45, 7) is 0.978. The number of benzene rings is 1. The molecule has 0 radical (unpaired) electrons. The number of thiazole rings is 1. The fourth-order valence-corrected chi connectivity index (χ4v) is 3.99. The molecule has 3 rings (SSSR count). The van der Waals surface area contributed by atoms with Crippen LogP contribution in [0.5, 0.6) is 5.75 Å². The van der Waals surface area contributed by atoms with Gasteiger partial charge in [0.15, 0.2) is 0 Å². The number of ether oxygens (including phenoxy) is 1. The minimum Gasteiger partial charge on any atom is -0.497 e. The molecule has 0 spiro atoms. The average molecular weight is 346 g/mol. The largest absolute Gasteiger partial charge is 0.497 e. The monoisotopic (exact) mass is 346 g/mol. The summed E-state index contributed by atoms with van der Waals surface area (Å²) in [4.78, 5) is 19.8. The number of amides is 1. The van der Waals surface area contributed by atoms with Gasteiger partial charge in [0, 0.05) is 24.8 Å². The van der Waals surface area contributed by atoms with E-state index in [-0.39, 0.29) is 18.6 Å². The second-order valence-corrected chi connectivity index (χ2v) is 6.95. The molecule has 1 aromatic heterocycles. The Labute approximate surface area is 145 Å². The topological polar surface area (TPSA) is 62.7 Å². The molecule has 128 valence electrons. The zero-order valence-corrected chi connectivity index (χ0v) is 14.6. The van der Waals surface area contributed by atoms with Crippen LogP contribution in [-0.2, 0) is 0 Å². The Hall–Kier alpha value is -1.92. The van der Waals surface area contributed by atoms with Crippen LogP contribution in [0.3, 0.4) is 0 Å². The van der Waals surface area contributed by atoms with Crippen molar-refractivity contribution >= 4 is 17.2 Å². The van der Waals surface area contributed by atoms with Gasteiger partial charge in [-0.3, -0.25) is 4.79 Å². The van der Waals surface area contributed by atoms with Gasteiger partial charge in [0.1, 0.15) is 15.6 Å². The third-order valence-corrected chi connectivity index (χ3v) is 5.42. The molecule has 1 saturated heterocycles. The maximum Gasteiger partial charge on any atom is 0.265 e. The summed E-state index contributed by atoms with van der Waals surface area (Å²) in [7, 11) is 1.64. The highest BCUT2D eigenvalue weighted by Crippen LogP contribution is 2.30. The van der Waals surface area contributed by atoms with Crippen LogP contribution >= 0.6 is 11.3 Å². The summed E-state index contributed by atoms with van der Waals surface area (Å²) in [5.41, 5.74) is 0.984. The van der Waals surface area contributed by atoms with E-state index in [2.05, 4.69) is 4.98 Å². The molecule has 1 aliphatic heterocycles. The molecule has 1 amide bonds. The van der Waals surface area contributed by atoms with Crippen LogP contribution in [0.4, 0.5) is 0 Å². The van der Waals surface area contributed by atoms with Crippen LogP contribution in [0.15, 0.2) is 30.5 Å². The van der Waals surface area contributed by atoms with Crippen LogP contribution in [0.1, 0.15) is 35.4 Å². The van der Waals surface area contributed by atoms with E-state index in [4.69, 9.17) is 9.84 Å². The third-order valence-electron chi connectivity index (χ3n) is 4.39. The van der Waals surface area contributed by atoms with Gasteiger partial charge in [-0.05, 0) is 49.9 Å². The van der Waals surface area contributed by atoms with Gasteiger partial charge >= 0.3 is 0 Å². The lowest BCUT2D eigenvalue weighted by atomic mass is 10.1. The van der Waals surface area contributed by atoms with Crippen molar-refractivity contribution in [2.75, 3.05) is 20.3 Å². The first-order chi connectivity index (χ1) is 11.7. The molecule has 1 fully saturated rings. The standard InChI is InChI=1S/C18H22N2O3S/c1-23-15-8-6-13(7-9-15)17-19-12-16(24-17)18(22)20-10-2-4-14(20)5-3-11-21/h6-9,12,14,21H,2-5,10-11H2,1H3. The number of likely N-dealkylation sites (tertiary alicyclic amines) is 1. The molecule has 1 atom stereocenters. The molecule has 5 nitrogen and oxygen atoms in total. The highest BCUT2D eigenvalue weighted by molar-refractivity contribution is 7.16. The van der Waals surface area contributed by atoms with Gasteiger partial charge in [-0.15, -0.1) is 11.3 Å². The molecule has 1 aromatic carbocycles. The molecular formula is C18H22N2O3S. The number of aliphatic hydroxyl groups is 1. The molecule has 0 aliphatic carbocycles. The zero-order valence-electron chi connectivity index (χ0n) is 13.8. The van der Waals surface area contributed by atoms with Crippen molar-refractivity contribution < 1.29 is 14.6 Å². The average Bonchev–Trinajstić information content (AvgIpc) is 3.29. The molecule has 1 N–H and O–H groups in total. The van der Waals surface area contributed by atoms with E-state index in [1.807, 2.05) is 29.2 Å². The van der Waals surface area contributed by atoms with E-state index < -0.39 is 0 Å². The first kappa shape index (κ1) is 16.9. The first-order valence-corrected chi connectivity index (χ1v) is 9.06. The number of nitrogens with zero attached hydrogens (tertiary/aromatic N) is 2. The Kier molecular flexibility index (Phi) is 5.48. The van der Waals surface area contributed by atoms with Crippen LogP contribution in [0.25, 0.3) is 10.6 Å². The molecule has 1 aliphatic rings. The van der Waals surface area contributed by atoms with Gasteiger partial charge in [-0.1, -0.05) is 0 Å². The molecule has 2 aromatic rings. The van der Waals surface area contributed by atoms with Gasteiger partial charge in [-0.25, -0.2) is 4.98 Å². The highest BCUT2D eigenvalue weighted by Gasteiger charge is 2.30. The zero-order chi connectivity index (χ0) is 16.9. The smallest absolute Gasteiger partial charge is 0.265 e. The maximum atomic E-state index is 12.8. The van der Waals surface area contributed by atoms with Crippen molar-refractivity contribution in [3.63, 3.8) is 0 Å². The number of aliphatic hydroxyl groups excluding tert-OH is 1. The lowest BCUT2D eigenvalue weighted by molar-refractivity contribution is 0.0729. The van der Waals surface area contributed by atoms with Crippen LogP contribution in [0.2, 0.25) is 0 Å². The predicted octanol–water partition coefficient (Wildman–Crippen LogP) is 3.20. The Morgan fingerprint density at radius 2 is 2.21 bits per heavy atom. The van der Waals surface area contributed by atoms with Gasteiger partial charge in [0.25, 0.3) is 5.91 Å². The van der Waals surface area contributed by atoms with Crippen molar-refractivity contribution in [2.24, 2.45) is 0 Å². The summed E-state index contributed by atoms with van der Waals surface area (Å²) in [6.07, 6.45) is 5.34. The molecule has 24 heavy (non-hydrogen) atoms. The molecule has 0 bridgehead atoms. The molecule has 0 saturated carbocycles. The lowest BCUT2D eigenvalue weighted by Crippen LogP contribution is -2.35. The van der Waals surface area contributed by atoms with E-state index in [0.29, 0.717) is 4.88 Å². The fraction of sp³-hybridized carbons (Fsp3) is 0.444. The second kappa shape index (κ2) is 7.77. The maximum absolute atomic E-state index is 12.8. The van der Waals surface area contributed by atoms with Crippen molar-refractivity contribution in [1.82, 2.24) is 9.88 Å². The van der Waals surface area contributed by atoms with E-state index in [9.17, 15) is 4.79 Å². The number of methoxy groups -OCH3 is 1. The first-order valence-electron chi connectivity index (χ1n) is 8.25. The molecule has 6 heteroatoms. The van der Waals surface area contributed by atoms with Crippen molar-refractivity contribution in [3.05, 3.63) is 35.3 Å². The number of rotatable bonds is 6. The third kappa shape index (κ3) is 3.60. The number of carbonyl (C=O) groups excluding carboxylic acids is 1. The van der Waals surface area contributed by atoms with Crippen molar-refractivity contribution in [1.29, 1.82) is 0 Å².